The van der Waals surface area contributed by atoms with Gasteiger partial charge < -0.3 is 15.2 Å². The van der Waals surface area contributed by atoms with E-state index < -0.39 is 5.91 Å². The maximum Gasteiger partial charge on any atom is 0.348 e. The fraction of sp³-hybridized carbons (Fsp3) is 0.400. The van der Waals surface area contributed by atoms with E-state index in [-0.39, 0.29) is 19.2 Å². The van der Waals surface area contributed by atoms with Gasteiger partial charge in [0.2, 0.25) is 0 Å². The number of ether oxygens (including phenoxy) is 2. The van der Waals surface area contributed by atoms with Crippen molar-refractivity contribution < 1.29 is 19.1 Å². The van der Waals surface area contributed by atoms with Crippen LogP contribution in [0.2, 0.25) is 0 Å². The lowest BCUT2D eigenvalue weighted by Gasteiger charge is -2.07. The zero-order chi connectivity index (χ0) is 18.4. The first kappa shape index (κ1) is 18.5. The molecule has 3 rings (SSSR count). The molecule has 1 aromatic heterocycles. The Balaban J connectivity index is 1.59. The van der Waals surface area contributed by atoms with Gasteiger partial charge >= 0.3 is 5.97 Å². The van der Waals surface area contributed by atoms with Crippen molar-refractivity contribution in [2.45, 2.75) is 45.1 Å². The summed E-state index contributed by atoms with van der Waals surface area (Å²) in [5.74, 6) is -0.295. The molecule has 1 heterocycles. The van der Waals surface area contributed by atoms with Gasteiger partial charge in [0.15, 0.2) is 6.61 Å². The Morgan fingerprint density at radius 2 is 1.88 bits per heavy atom. The van der Waals surface area contributed by atoms with Crippen LogP contribution < -0.4 is 10.5 Å². The Hall–Kier alpha value is -2.34. The molecule has 1 aliphatic rings. The van der Waals surface area contributed by atoms with Crippen molar-refractivity contribution in [3.8, 4) is 5.75 Å². The average Bonchev–Trinajstić information content (AvgIpc) is 3.00. The zero-order valence-electron chi connectivity index (χ0n) is 14.7. The molecule has 0 spiro atoms. The lowest BCUT2D eigenvalue weighted by Crippen LogP contribution is -2.20. The third-order valence-corrected chi connectivity index (χ3v) is 5.56. The number of carbonyl (C=O) groups excluding carboxylic acids is 2. The summed E-state index contributed by atoms with van der Waals surface area (Å²) in [4.78, 5) is 25.2. The van der Waals surface area contributed by atoms with E-state index in [0.717, 1.165) is 18.4 Å². The first-order valence-electron chi connectivity index (χ1n) is 8.90. The number of thiophene rings is 1. The number of primary amides is 1. The smallest absolute Gasteiger partial charge is 0.348 e. The molecule has 138 valence electrons. The minimum Gasteiger partial charge on any atom is -0.484 e. The van der Waals surface area contributed by atoms with E-state index in [2.05, 4.69) is 0 Å². The second-order valence-corrected chi connectivity index (χ2v) is 7.59. The van der Waals surface area contributed by atoms with Gasteiger partial charge in [-0.1, -0.05) is 25.0 Å². The van der Waals surface area contributed by atoms with E-state index in [1.54, 1.807) is 29.5 Å². The van der Waals surface area contributed by atoms with Crippen molar-refractivity contribution in [3.63, 3.8) is 0 Å². The van der Waals surface area contributed by atoms with Crippen LogP contribution >= 0.6 is 11.3 Å². The Morgan fingerprint density at radius 1 is 1.08 bits per heavy atom. The number of benzene rings is 1. The largest absolute Gasteiger partial charge is 0.484 e. The third-order valence-electron chi connectivity index (χ3n) is 4.35. The fourth-order valence-electron chi connectivity index (χ4n) is 3.04. The van der Waals surface area contributed by atoms with Gasteiger partial charge in [-0.2, -0.15) is 0 Å². The number of aryl methyl sites for hydroxylation is 2. The van der Waals surface area contributed by atoms with Crippen molar-refractivity contribution in [1.82, 2.24) is 0 Å². The quantitative estimate of drug-likeness (QED) is 0.784. The molecule has 5 nitrogen and oxygen atoms in total. The van der Waals surface area contributed by atoms with Crippen LogP contribution in [0.25, 0.3) is 0 Å². The maximum absolute atomic E-state index is 12.4. The van der Waals surface area contributed by atoms with Crippen LogP contribution in [0, 0.1) is 0 Å². The van der Waals surface area contributed by atoms with Crippen LogP contribution in [-0.4, -0.2) is 18.5 Å². The third kappa shape index (κ3) is 5.08. The van der Waals surface area contributed by atoms with Gasteiger partial charge in [0.1, 0.15) is 17.2 Å². The Bertz CT molecular complexity index is 758. The fourth-order valence-corrected chi connectivity index (χ4v) is 4.19. The monoisotopic (exact) mass is 373 g/mol. The molecule has 1 aliphatic carbocycles. The number of hydrogen-bond acceptors (Lipinski definition) is 5. The summed E-state index contributed by atoms with van der Waals surface area (Å²) in [6.07, 6.45) is 7.04. The van der Waals surface area contributed by atoms with Gasteiger partial charge in [-0.05, 0) is 55.0 Å². The molecule has 6 heteroatoms. The first-order valence-corrected chi connectivity index (χ1v) is 9.72. The van der Waals surface area contributed by atoms with Crippen LogP contribution in [0.5, 0.6) is 5.75 Å². The van der Waals surface area contributed by atoms with Crippen LogP contribution in [0.3, 0.4) is 0 Å². The molecule has 0 aliphatic heterocycles. The Morgan fingerprint density at radius 3 is 2.69 bits per heavy atom. The highest BCUT2D eigenvalue weighted by Gasteiger charge is 2.17. The molecule has 0 saturated carbocycles. The van der Waals surface area contributed by atoms with Crippen LogP contribution in [0.1, 0.15) is 51.4 Å². The molecule has 1 amide bonds. The number of nitrogens with two attached hydrogens (primary N) is 1. The van der Waals surface area contributed by atoms with Crippen molar-refractivity contribution in [2.75, 3.05) is 6.61 Å². The number of carbonyl (C=O) groups is 2. The molecule has 0 unspecified atom stereocenters. The number of rotatable bonds is 6. The molecule has 0 saturated heterocycles. The van der Waals surface area contributed by atoms with E-state index in [1.807, 2.05) is 12.1 Å². The summed E-state index contributed by atoms with van der Waals surface area (Å²) < 4.78 is 10.7. The predicted octanol–water partition coefficient (Wildman–Crippen LogP) is 3.63. The normalized spacial score (nSPS) is 14.0. The van der Waals surface area contributed by atoms with Crippen molar-refractivity contribution >= 4 is 23.2 Å². The molecule has 0 fully saturated rings. The average molecular weight is 373 g/mol. The van der Waals surface area contributed by atoms with Crippen molar-refractivity contribution in [3.05, 3.63) is 51.2 Å². The summed E-state index contributed by atoms with van der Waals surface area (Å²) in [7, 11) is 0. The number of fused-ring (bicyclic) bond motifs is 1. The summed E-state index contributed by atoms with van der Waals surface area (Å²) >= 11 is 1.57. The Labute approximate surface area is 157 Å². The molecule has 1 aromatic carbocycles. The minimum atomic E-state index is -0.532. The molecular formula is C20H23NO4S. The molecule has 2 N–H and O–H groups in total. The second kappa shape index (κ2) is 8.85. The standard InChI is InChI=1S/C20H23NO4S/c21-19(22)13-24-16-8-5-6-14(10-16)12-25-20(23)18-11-15-7-3-1-2-4-9-17(15)26-18/h5-6,8,10-11H,1-4,7,9,12-13H2,(H2,21,22). The molecule has 0 radical (unpaired) electrons. The van der Waals surface area contributed by atoms with Crippen LogP contribution in [0.4, 0.5) is 0 Å². The highest BCUT2D eigenvalue weighted by Crippen LogP contribution is 2.29. The van der Waals surface area contributed by atoms with Gasteiger partial charge in [-0.3, -0.25) is 4.79 Å². The topological polar surface area (TPSA) is 78.6 Å². The number of esters is 1. The molecule has 2 aromatic rings. The van der Waals surface area contributed by atoms with E-state index in [9.17, 15) is 9.59 Å². The number of hydrogen-bond donors (Lipinski definition) is 1. The van der Waals surface area contributed by atoms with Crippen molar-refractivity contribution in [2.24, 2.45) is 5.73 Å². The van der Waals surface area contributed by atoms with E-state index in [4.69, 9.17) is 15.2 Å². The lowest BCUT2D eigenvalue weighted by atomic mass is 10.00. The zero-order valence-corrected chi connectivity index (χ0v) is 15.5. The van der Waals surface area contributed by atoms with Gasteiger partial charge in [0, 0.05) is 4.88 Å². The van der Waals surface area contributed by atoms with E-state index in [1.165, 1.54) is 36.1 Å². The summed E-state index contributed by atoms with van der Waals surface area (Å²) in [6, 6.07) is 9.10. The predicted molar refractivity (Wildman–Crippen MR) is 100 cm³/mol. The SMILES string of the molecule is NC(=O)COc1cccc(COC(=O)c2cc3c(s2)CCCCCC3)c1. The Kier molecular flexibility index (Phi) is 6.28. The minimum absolute atomic E-state index is 0.162. The highest BCUT2D eigenvalue weighted by molar-refractivity contribution is 7.14. The maximum atomic E-state index is 12.4. The first-order chi connectivity index (χ1) is 12.6. The van der Waals surface area contributed by atoms with Crippen LogP contribution in [-0.2, 0) is 29.0 Å². The number of amides is 1. The molecule has 0 atom stereocenters. The van der Waals surface area contributed by atoms with Gasteiger partial charge in [0.05, 0.1) is 0 Å². The molecule has 26 heavy (non-hydrogen) atoms. The van der Waals surface area contributed by atoms with Gasteiger partial charge in [-0.25, -0.2) is 4.79 Å². The van der Waals surface area contributed by atoms with Crippen molar-refractivity contribution in [1.29, 1.82) is 0 Å². The van der Waals surface area contributed by atoms with Crippen LogP contribution in [0.15, 0.2) is 30.3 Å². The van der Waals surface area contributed by atoms with Gasteiger partial charge in [0.25, 0.3) is 5.91 Å². The second-order valence-electron chi connectivity index (χ2n) is 6.45. The molecular weight excluding hydrogens is 350 g/mol. The summed E-state index contributed by atoms with van der Waals surface area (Å²) in [5.41, 5.74) is 7.18. The van der Waals surface area contributed by atoms with E-state index in [0.29, 0.717) is 10.6 Å². The van der Waals surface area contributed by atoms with Gasteiger partial charge in [-0.15, -0.1) is 11.3 Å². The molecule has 0 bridgehead atoms. The lowest BCUT2D eigenvalue weighted by molar-refractivity contribution is -0.119. The summed E-state index contributed by atoms with van der Waals surface area (Å²) in [5, 5.41) is 0. The van der Waals surface area contributed by atoms with E-state index >= 15 is 0 Å². The summed E-state index contributed by atoms with van der Waals surface area (Å²) in [6.45, 7) is -0.0147. The highest BCUT2D eigenvalue weighted by atomic mass is 32.1.